The van der Waals surface area contributed by atoms with Gasteiger partial charge in [-0.05, 0) is 61.9 Å². The molecule has 1 fully saturated rings. The number of hydrogen-bond donors (Lipinski definition) is 1. The molecule has 28 heavy (non-hydrogen) atoms. The van der Waals surface area contributed by atoms with Crippen molar-refractivity contribution in [2.24, 2.45) is 5.92 Å². The number of likely N-dealkylation sites (tertiary alicyclic amines) is 1. The van der Waals surface area contributed by atoms with Gasteiger partial charge in [0.15, 0.2) is 5.65 Å². The molecule has 1 aliphatic rings. The summed E-state index contributed by atoms with van der Waals surface area (Å²) in [6, 6.07) is 12.2. The third kappa shape index (κ3) is 3.90. The minimum Gasteiger partial charge on any atom is -0.306 e. The predicted octanol–water partition coefficient (Wildman–Crippen LogP) is 3.87. The second-order valence-corrected chi connectivity index (χ2v) is 9.23. The molecule has 0 radical (unpaired) electrons. The number of nitrogens with one attached hydrogen (secondary N) is 1. The van der Waals surface area contributed by atoms with Crippen LogP contribution in [0.4, 0.5) is 0 Å². The number of rotatable bonds is 3. The van der Waals surface area contributed by atoms with Crippen molar-refractivity contribution in [2.75, 3.05) is 20.1 Å². The quantitative estimate of drug-likeness (QED) is 0.753. The van der Waals surface area contributed by atoms with Crippen LogP contribution in [0.2, 0.25) is 0 Å². The van der Waals surface area contributed by atoms with Crippen molar-refractivity contribution in [3.05, 3.63) is 58.0 Å². The normalized spacial score (nSPS) is 16.7. The summed E-state index contributed by atoms with van der Waals surface area (Å²) in [4.78, 5) is 19.7. The number of aromatic amines is 1. The molecule has 5 nitrogen and oxygen atoms in total. The molecule has 0 aliphatic carbocycles. The Morgan fingerprint density at radius 3 is 2.43 bits per heavy atom. The summed E-state index contributed by atoms with van der Waals surface area (Å²) in [5.74, 6) is 0.619. The first-order chi connectivity index (χ1) is 13.3. The molecule has 4 rings (SSSR count). The van der Waals surface area contributed by atoms with Gasteiger partial charge in [-0.15, -0.1) is 0 Å². The fraction of sp³-hybridized carbons (Fsp3) is 0.478. The van der Waals surface area contributed by atoms with E-state index < -0.39 is 0 Å². The average Bonchev–Trinajstić information content (AvgIpc) is 3.08. The number of H-pyrrole nitrogens is 1. The van der Waals surface area contributed by atoms with Crippen molar-refractivity contribution in [3.63, 3.8) is 0 Å². The van der Waals surface area contributed by atoms with E-state index in [1.54, 1.807) is 10.6 Å². The molecule has 3 heterocycles. The highest BCUT2D eigenvalue weighted by atomic mass is 16.1. The first-order valence-electron chi connectivity index (χ1n) is 10.2. The van der Waals surface area contributed by atoms with Gasteiger partial charge in [0.2, 0.25) is 0 Å². The van der Waals surface area contributed by atoms with Gasteiger partial charge in [0, 0.05) is 17.8 Å². The van der Waals surface area contributed by atoms with Gasteiger partial charge in [-0.1, -0.05) is 45.0 Å². The Morgan fingerprint density at radius 2 is 1.79 bits per heavy atom. The number of piperidine rings is 1. The van der Waals surface area contributed by atoms with Crippen molar-refractivity contribution in [1.29, 1.82) is 0 Å². The summed E-state index contributed by atoms with van der Waals surface area (Å²) in [5, 5.41) is 3.21. The third-order valence-corrected chi connectivity index (χ3v) is 5.90. The number of nitrogens with zero attached hydrogens (tertiary/aromatic N) is 3. The third-order valence-electron chi connectivity index (χ3n) is 5.90. The van der Waals surface area contributed by atoms with Gasteiger partial charge in [0.25, 0.3) is 5.56 Å². The molecule has 0 unspecified atom stereocenters. The number of hydrogen-bond acceptors (Lipinski definition) is 3. The highest BCUT2D eigenvalue weighted by molar-refractivity contribution is 5.64. The van der Waals surface area contributed by atoms with E-state index in [1.165, 1.54) is 18.4 Å². The zero-order chi connectivity index (χ0) is 19.9. The molecule has 0 atom stereocenters. The molecule has 0 amide bonds. The van der Waals surface area contributed by atoms with Crippen LogP contribution >= 0.6 is 0 Å². The van der Waals surface area contributed by atoms with Gasteiger partial charge in [0.1, 0.15) is 0 Å². The van der Waals surface area contributed by atoms with E-state index in [0.717, 1.165) is 36.5 Å². The summed E-state index contributed by atoms with van der Waals surface area (Å²) in [7, 11) is 2.17. The first kappa shape index (κ1) is 18.9. The van der Waals surface area contributed by atoms with E-state index in [1.807, 2.05) is 6.07 Å². The fourth-order valence-electron chi connectivity index (χ4n) is 4.00. The molecule has 0 bridgehead atoms. The van der Waals surface area contributed by atoms with Crippen LogP contribution in [0, 0.1) is 5.92 Å². The van der Waals surface area contributed by atoms with Gasteiger partial charge >= 0.3 is 0 Å². The van der Waals surface area contributed by atoms with Crippen molar-refractivity contribution < 1.29 is 0 Å². The molecule has 0 spiro atoms. The number of fused-ring (bicyclic) bond motifs is 1. The Bertz CT molecular complexity index is 1020. The van der Waals surface area contributed by atoms with Gasteiger partial charge in [-0.25, -0.2) is 9.50 Å². The van der Waals surface area contributed by atoms with E-state index >= 15 is 0 Å². The SMILES string of the molecule is CN1CCC(Cc2cc(=O)n3[nH]c(-c4ccc(C(C)(C)C)cc4)cc3n2)CC1. The Balaban J connectivity index is 1.60. The van der Waals surface area contributed by atoms with Gasteiger partial charge < -0.3 is 4.90 Å². The highest BCUT2D eigenvalue weighted by Gasteiger charge is 2.19. The molecule has 1 aliphatic heterocycles. The maximum Gasteiger partial charge on any atom is 0.272 e. The molecule has 1 aromatic carbocycles. The lowest BCUT2D eigenvalue weighted by atomic mass is 9.86. The minimum atomic E-state index is -0.0366. The Kier molecular flexibility index (Phi) is 4.88. The molecular weight excluding hydrogens is 348 g/mol. The zero-order valence-electron chi connectivity index (χ0n) is 17.3. The van der Waals surface area contributed by atoms with Crippen LogP contribution in [0.3, 0.4) is 0 Å². The van der Waals surface area contributed by atoms with Crippen LogP contribution < -0.4 is 5.56 Å². The monoisotopic (exact) mass is 378 g/mol. The van der Waals surface area contributed by atoms with Gasteiger partial charge in [-0.3, -0.25) is 9.89 Å². The zero-order valence-corrected chi connectivity index (χ0v) is 17.3. The molecule has 1 saturated heterocycles. The highest BCUT2D eigenvalue weighted by Crippen LogP contribution is 2.26. The lowest BCUT2D eigenvalue weighted by molar-refractivity contribution is 0.218. The van der Waals surface area contributed by atoms with Crippen molar-refractivity contribution >= 4 is 5.65 Å². The lowest BCUT2D eigenvalue weighted by Gasteiger charge is -2.28. The number of benzene rings is 1. The largest absolute Gasteiger partial charge is 0.306 e. The first-order valence-corrected chi connectivity index (χ1v) is 10.2. The predicted molar refractivity (Wildman–Crippen MR) is 114 cm³/mol. The van der Waals surface area contributed by atoms with Gasteiger partial charge in [0.05, 0.1) is 5.69 Å². The number of aromatic nitrogens is 3. The van der Waals surface area contributed by atoms with Crippen LogP contribution in [-0.2, 0) is 11.8 Å². The maximum atomic E-state index is 12.6. The molecule has 5 heteroatoms. The topological polar surface area (TPSA) is 53.4 Å². The van der Waals surface area contributed by atoms with Crippen LogP contribution in [0.25, 0.3) is 16.9 Å². The molecule has 2 aromatic heterocycles. The van der Waals surface area contributed by atoms with Gasteiger partial charge in [-0.2, -0.15) is 0 Å². The molecule has 148 valence electrons. The molecule has 3 aromatic rings. The summed E-state index contributed by atoms with van der Waals surface area (Å²) in [6.07, 6.45) is 3.24. The van der Waals surface area contributed by atoms with Crippen LogP contribution in [-0.4, -0.2) is 39.6 Å². The van der Waals surface area contributed by atoms with E-state index in [4.69, 9.17) is 4.98 Å². The van der Waals surface area contributed by atoms with E-state index in [9.17, 15) is 4.79 Å². The maximum absolute atomic E-state index is 12.6. The Labute approximate surface area is 166 Å². The second-order valence-electron chi connectivity index (χ2n) is 9.23. The summed E-state index contributed by atoms with van der Waals surface area (Å²) >= 11 is 0. The summed E-state index contributed by atoms with van der Waals surface area (Å²) in [6.45, 7) is 8.89. The summed E-state index contributed by atoms with van der Waals surface area (Å²) in [5.41, 5.74) is 4.98. The van der Waals surface area contributed by atoms with Crippen LogP contribution in [0.15, 0.2) is 41.2 Å². The van der Waals surface area contributed by atoms with Crippen molar-refractivity contribution in [1.82, 2.24) is 19.5 Å². The van der Waals surface area contributed by atoms with Crippen molar-refractivity contribution in [3.8, 4) is 11.3 Å². The van der Waals surface area contributed by atoms with E-state index in [-0.39, 0.29) is 11.0 Å². The fourth-order valence-corrected chi connectivity index (χ4v) is 4.00. The molecule has 1 N–H and O–H groups in total. The van der Waals surface area contributed by atoms with E-state index in [2.05, 4.69) is 62.1 Å². The second kappa shape index (κ2) is 7.21. The van der Waals surface area contributed by atoms with E-state index in [0.29, 0.717) is 11.6 Å². The Hall–Kier alpha value is -2.40. The average molecular weight is 379 g/mol. The van der Waals surface area contributed by atoms with Crippen molar-refractivity contribution in [2.45, 2.75) is 45.4 Å². The smallest absolute Gasteiger partial charge is 0.272 e. The minimum absolute atomic E-state index is 0.0366. The van der Waals surface area contributed by atoms with Crippen LogP contribution in [0.1, 0.15) is 44.9 Å². The molecule has 0 saturated carbocycles. The molecular formula is C23H30N4O. The standard InChI is InChI=1S/C23H30N4O/c1-23(2,3)18-7-5-17(6-8-18)20-15-21-24-19(14-22(28)27(21)25-20)13-16-9-11-26(4)12-10-16/h5-8,14-16,25H,9-13H2,1-4H3. The van der Waals surface area contributed by atoms with Crippen LogP contribution in [0.5, 0.6) is 0 Å². The summed E-state index contributed by atoms with van der Waals surface area (Å²) < 4.78 is 1.55. The Morgan fingerprint density at radius 1 is 1.11 bits per heavy atom. The lowest BCUT2D eigenvalue weighted by Crippen LogP contribution is -2.31.